The van der Waals surface area contributed by atoms with Crippen molar-refractivity contribution in [3.63, 3.8) is 0 Å². The van der Waals surface area contributed by atoms with E-state index in [4.69, 9.17) is 8.83 Å². The highest BCUT2D eigenvalue weighted by Crippen LogP contribution is 2.45. The van der Waals surface area contributed by atoms with Gasteiger partial charge in [-0.1, -0.05) is 352 Å². The summed E-state index contributed by atoms with van der Waals surface area (Å²) in [5, 5.41) is 4.54. The number of para-hydroxylation sites is 4. The highest BCUT2D eigenvalue weighted by atomic mass is 79.9. The lowest BCUT2D eigenvalue weighted by atomic mass is 9.92. The summed E-state index contributed by atoms with van der Waals surface area (Å²) in [5.74, 6) is 0. The molecule has 0 amide bonds. The standard InChI is InChI=1S/C48H33NO.C37H28.C12H7BrO/c1-3-15-34(16-4-1)40-21-7-8-23-42(40)36-29-31-38(32-30-36)49(46-27-14-26-45-44-25-11-12-28-47(44)50-48(45)46)39-20-13-19-37(33-39)43-24-10-9-22-41(43)35-17-5-2-6-18-35;1-3-13-30(14-4-1)34-18-7-8-20-36(34)32-24-22-28(23-25-32)26-29-12-11-17-33(27-29)37-21-10-9-19-35(37)31-15-5-2-6-16-31;13-10-6-3-5-9-8-4-1-2-7-11(8)14-12(9)10/h1-33H;1-25,27H,26H2;1-7H. The van der Waals surface area contributed by atoms with Crippen LogP contribution in [0.15, 0.2) is 414 Å². The van der Waals surface area contributed by atoms with E-state index in [0.29, 0.717) is 0 Å². The Labute approximate surface area is 597 Å². The smallest absolute Gasteiger partial charge is 0.159 e. The van der Waals surface area contributed by atoms with Gasteiger partial charge >= 0.3 is 0 Å². The largest absolute Gasteiger partial charge is 0.455 e. The number of furan rings is 2. The zero-order chi connectivity index (χ0) is 67.7. The van der Waals surface area contributed by atoms with Gasteiger partial charge in [0, 0.05) is 32.9 Å². The molecule has 0 unspecified atom stereocenters. The minimum absolute atomic E-state index is 0.863. The fraction of sp³-hybridized carbons (Fsp3) is 0.0103. The highest BCUT2D eigenvalue weighted by molar-refractivity contribution is 9.10. The molecule has 0 aliphatic carbocycles. The average molecular weight is 1360 g/mol. The van der Waals surface area contributed by atoms with Crippen molar-refractivity contribution >= 4 is 76.9 Å². The Morgan fingerprint density at radius 1 is 0.218 bits per heavy atom. The topological polar surface area (TPSA) is 29.5 Å². The van der Waals surface area contributed by atoms with Gasteiger partial charge in [-0.3, -0.25) is 0 Å². The molecule has 101 heavy (non-hydrogen) atoms. The highest BCUT2D eigenvalue weighted by Gasteiger charge is 2.22. The molecule has 0 N–H and O–H groups in total. The molecule has 0 aliphatic rings. The molecule has 18 rings (SSSR count). The van der Waals surface area contributed by atoms with Crippen molar-refractivity contribution < 1.29 is 8.83 Å². The summed E-state index contributed by atoms with van der Waals surface area (Å²) in [6.07, 6.45) is 0.905. The molecular formula is C97H68BrNO2. The summed E-state index contributed by atoms with van der Waals surface area (Å²) in [4.78, 5) is 2.33. The van der Waals surface area contributed by atoms with Crippen molar-refractivity contribution in [2.45, 2.75) is 6.42 Å². The van der Waals surface area contributed by atoms with Crippen molar-refractivity contribution in [2.24, 2.45) is 0 Å². The second-order valence-corrected chi connectivity index (χ2v) is 26.0. The maximum atomic E-state index is 6.62. The first-order valence-corrected chi connectivity index (χ1v) is 35.1. The molecule has 480 valence electrons. The van der Waals surface area contributed by atoms with E-state index in [1.807, 2.05) is 42.5 Å². The molecule has 0 saturated heterocycles. The Bertz CT molecular complexity index is 5860. The van der Waals surface area contributed by atoms with Crippen LogP contribution in [-0.2, 0) is 6.42 Å². The van der Waals surface area contributed by atoms with E-state index in [1.165, 1.54) is 100.0 Å². The van der Waals surface area contributed by atoms with Gasteiger partial charge in [0.2, 0.25) is 0 Å². The van der Waals surface area contributed by atoms with Gasteiger partial charge in [0.05, 0.1) is 10.2 Å². The fourth-order valence-electron chi connectivity index (χ4n) is 14.0. The Hall–Kier alpha value is -12.6. The molecule has 4 heteroatoms. The second kappa shape index (κ2) is 29.2. The number of benzene rings is 16. The monoisotopic (exact) mass is 1360 g/mol. The van der Waals surface area contributed by atoms with E-state index >= 15 is 0 Å². The Morgan fingerprint density at radius 3 is 1.01 bits per heavy atom. The van der Waals surface area contributed by atoms with Gasteiger partial charge in [0.15, 0.2) is 5.58 Å². The molecule has 0 atom stereocenters. The van der Waals surface area contributed by atoms with Gasteiger partial charge in [-0.15, -0.1) is 0 Å². The van der Waals surface area contributed by atoms with Crippen LogP contribution in [-0.4, -0.2) is 0 Å². The third-order valence-electron chi connectivity index (χ3n) is 18.8. The Morgan fingerprint density at radius 2 is 0.545 bits per heavy atom. The second-order valence-electron chi connectivity index (χ2n) is 25.1. The zero-order valence-corrected chi connectivity index (χ0v) is 57.0. The lowest BCUT2D eigenvalue weighted by molar-refractivity contribution is 0.667. The van der Waals surface area contributed by atoms with Gasteiger partial charge < -0.3 is 13.7 Å². The molecule has 3 nitrogen and oxygen atoms in total. The summed E-state index contributed by atoms with van der Waals surface area (Å²) >= 11 is 3.48. The maximum Gasteiger partial charge on any atom is 0.159 e. The van der Waals surface area contributed by atoms with E-state index in [2.05, 4.69) is 379 Å². The van der Waals surface area contributed by atoms with Crippen molar-refractivity contribution in [3.8, 4) is 89.0 Å². The molecule has 0 radical (unpaired) electrons. The summed E-state index contributed by atoms with van der Waals surface area (Å²) in [5.41, 5.74) is 28.9. The third kappa shape index (κ3) is 13.5. The SMILES string of the molecule is Brc1cccc2c1oc1ccccc12.c1ccc(-c2ccccc2-c2ccc(Cc3cccc(-c4ccccc4-c4ccccc4)c3)cc2)cc1.c1ccc(-c2ccccc2-c2ccc(N(c3cccc(-c4ccccc4-c4ccccc4)c3)c3cccc4c3oc3ccccc34)cc2)cc1. The van der Waals surface area contributed by atoms with Gasteiger partial charge in [-0.05, 0) is 171 Å². The van der Waals surface area contributed by atoms with Crippen molar-refractivity contribution in [1.29, 1.82) is 0 Å². The molecule has 2 heterocycles. The summed E-state index contributed by atoms with van der Waals surface area (Å²) in [6, 6.07) is 142. The lowest BCUT2D eigenvalue weighted by Gasteiger charge is -2.26. The molecule has 0 spiro atoms. The van der Waals surface area contributed by atoms with Gasteiger partial charge in [0.25, 0.3) is 0 Å². The number of anilines is 3. The molecule has 0 saturated carbocycles. The first-order chi connectivity index (χ1) is 50.0. The van der Waals surface area contributed by atoms with Crippen LogP contribution in [0.4, 0.5) is 17.1 Å². The maximum absolute atomic E-state index is 6.62. The Balaban J connectivity index is 0.000000135. The average Bonchev–Trinajstić information content (AvgIpc) is 1.66. The number of nitrogens with zero attached hydrogens (tertiary/aromatic N) is 1. The third-order valence-corrected chi connectivity index (χ3v) is 19.4. The summed E-state index contributed by atoms with van der Waals surface area (Å²) in [7, 11) is 0. The van der Waals surface area contributed by atoms with Crippen LogP contribution >= 0.6 is 15.9 Å². The van der Waals surface area contributed by atoms with Gasteiger partial charge in [-0.2, -0.15) is 0 Å². The fourth-order valence-corrected chi connectivity index (χ4v) is 14.4. The lowest BCUT2D eigenvalue weighted by Crippen LogP contribution is -2.10. The van der Waals surface area contributed by atoms with Gasteiger partial charge in [-0.25, -0.2) is 0 Å². The first-order valence-electron chi connectivity index (χ1n) is 34.3. The van der Waals surface area contributed by atoms with E-state index in [1.54, 1.807) is 0 Å². The normalized spacial score (nSPS) is 11.1. The summed E-state index contributed by atoms with van der Waals surface area (Å²) < 4.78 is 13.4. The number of halogens is 1. The number of rotatable bonds is 13. The predicted octanol–water partition coefficient (Wildman–Crippen LogP) is 28.0. The van der Waals surface area contributed by atoms with E-state index in [-0.39, 0.29) is 0 Å². The first kappa shape index (κ1) is 63.2. The van der Waals surface area contributed by atoms with E-state index in [0.717, 1.165) is 72.0 Å². The van der Waals surface area contributed by atoms with Crippen LogP contribution in [0.5, 0.6) is 0 Å². The van der Waals surface area contributed by atoms with Crippen LogP contribution in [0, 0.1) is 0 Å². The molecule has 0 fully saturated rings. The van der Waals surface area contributed by atoms with Crippen molar-refractivity contribution in [3.05, 3.63) is 416 Å². The van der Waals surface area contributed by atoms with Crippen LogP contribution in [0.1, 0.15) is 11.1 Å². The molecule has 2 aromatic heterocycles. The minimum atomic E-state index is 0.863. The van der Waals surface area contributed by atoms with Crippen LogP contribution in [0.25, 0.3) is 133 Å². The van der Waals surface area contributed by atoms with Crippen LogP contribution < -0.4 is 4.90 Å². The minimum Gasteiger partial charge on any atom is -0.455 e. The Kier molecular flexibility index (Phi) is 18.3. The van der Waals surface area contributed by atoms with Crippen LogP contribution in [0.2, 0.25) is 0 Å². The number of hydrogen-bond donors (Lipinski definition) is 0. The molecule has 16 aromatic carbocycles. The van der Waals surface area contributed by atoms with Crippen LogP contribution in [0.3, 0.4) is 0 Å². The van der Waals surface area contributed by atoms with E-state index in [9.17, 15) is 0 Å². The van der Waals surface area contributed by atoms with Crippen molar-refractivity contribution in [2.75, 3.05) is 4.90 Å². The van der Waals surface area contributed by atoms with Gasteiger partial charge in [0.1, 0.15) is 16.7 Å². The van der Waals surface area contributed by atoms with Crippen molar-refractivity contribution in [1.82, 2.24) is 0 Å². The molecule has 0 bridgehead atoms. The molecular weight excluding hydrogens is 1290 g/mol. The molecule has 18 aromatic rings. The zero-order valence-electron chi connectivity index (χ0n) is 55.5. The van der Waals surface area contributed by atoms with E-state index < -0.39 is 0 Å². The predicted molar refractivity (Wildman–Crippen MR) is 429 cm³/mol. The molecule has 0 aliphatic heterocycles. The number of hydrogen-bond acceptors (Lipinski definition) is 3. The summed E-state index contributed by atoms with van der Waals surface area (Å²) in [6.45, 7) is 0. The quantitative estimate of drug-likeness (QED) is 0.115. The number of fused-ring (bicyclic) bond motifs is 6.